The molecule has 0 saturated heterocycles. The molecule has 0 saturated carbocycles. The molecule has 4 nitrogen and oxygen atoms in total. The number of ether oxygens (including phenoxy) is 1. The SMILES string of the molecule is CC(C)(CNC(=O)NC1COc2c(F)cc(F)cc2C1)c1ccc2ccccc2c1. The number of urea groups is 1. The van der Waals surface area contributed by atoms with Crippen molar-refractivity contribution >= 4 is 16.8 Å². The van der Waals surface area contributed by atoms with Crippen molar-refractivity contribution < 1.29 is 18.3 Å². The molecular formula is C24H24F2N2O2. The number of fused-ring (bicyclic) bond motifs is 2. The molecule has 0 bridgehead atoms. The summed E-state index contributed by atoms with van der Waals surface area (Å²) in [4.78, 5) is 12.4. The molecule has 6 heteroatoms. The largest absolute Gasteiger partial charge is 0.488 e. The number of carbonyl (C=O) groups is 1. The summed E-state index contributed by atoms with van der Waals surface area (Å²) in [6.07, 6.45) is 0.311. The highest BCUT2D eigenvalue weighted by Crippen LogP contribution is 2.29. The maximum Gasteiger partial charge on any atom is 0.315 e. The Bertz CT molecular complexity index is 1100. The van der Waals surface area contributed by atoms with Crippen molar-refractivity contribution in [3.63, 3.8) is 0 Å². The zero-order chi connectivity index (χ0) is 21.3. The van der Waals surface area contributed by atoms with Gasteiger partial charge in [-0.05, 0) is 28.8 Å². The fraction of sp³-hybridized carbons (Fsp3) is 0.292. The lowest BCUT2D eigenvalue weighted by Gasteiger charge is -2.29. The molecule has 1 atom stereocenters. The van der Waals surface area contributed by atoms with Crippen molar-refractivity contribution in [2.24, 2.45) is 0 Å². The Hall–Kier alpha value is -3.15. The number of hydrogen-bond acceptors (Lipinski definition) is 2. The highest BCUT2D eigenvalue weighted by Gasteiger charge is 2.26. The number of halogens is 2. The molecule has 4 rings (SSSR count). The Morgan fingerprint density at radius 3 is 2.67 bits per heavy atom. The van der Waals surface area contributed by atoms with Crippen molar-refractivity contribution in [2.45, 2.75) is 31.7 Å². The van der Waals surface area contributed by atoms with E-state index in [9.17, 15) is 13.6 Å². The van der Waals surface area contributed by atoms with Crippen LogP contribution in [0.3, 0.4) is 0 Å². The second kappa shape index (κ2) is 7.94. The van der Waals surface area contributed by atoms with Gasteiger partial charge < -0.3 is 15.4 Å². The molecule has 1 heterocycles. The maximum absolute atomic E-state index is 13.8. The lowest BCUT2D eigenvalue weighted by Crippen LogP contribution is -2.49. The highest BCUT2D eigenvalue weighted by molar-refractivity contribution is 5.83. The summed E-state index contributed by atoms with van der Waals surface area (Å²) in [6.45, 7) is 4.72. The molecule has 30 heavy (non-hydrogen) atoms. The molecule has 1 aliphatic heterocycles. The van der Waals surface area contributed by atoms with Gasteiger partial charge in [0.15, 0.2) is 11.6 Å². The van der Waals surface area contributed by atoms with Crippen LogP contribution < -0.4 is 15.4 Å². The minimum absolute atomic E-state index is 0.0623. The Morgan fingerprint density at radius 1 is 1.10 bits per heavy atom. The summed E-state index contributed by atoms with van der Waals surface area (Å²) < 4.78 is 32.6. The molecule has 2 amide bonds. The van der Waals surface area contributed by atoms with Gasteiger partial charge in [0.05, 0.1) is 6.04 Å². The maximum atomic E-state index is 13.8. The van der Waals surface area contributed by atoms with Crippen LogP contribution in [0.5, 0.6) is 5.75 Å². The van der Waals surface area contributed by atoms with Gasteiger partial charge in [0.2, 0.25) is 0 Å². The van der Waals surface area contributed by atoms with Gasteiger partial charge in [-0.1, -0.05) is 56.3 Å². The zero-order valence-corrected chi connectivity index (χ0v) is 17.0. The van der Waals surface area contributed by atoms with Crippen molar-refractivity contribution in [1.82, 2.24) is 10.6 Å². The van der Waals surface area contributed by atoms with Crippen LogP contribution in [0, 0.1) is 11.6 Å². The van der Waals surface area contributed by atoms with Crippen molar-refractivity contribution in [1.29, 1.82) is 0 Å². The normalized spacial score (nSPS) is 15.9. The molecule has 1 unspecified atom stereocenters. The number of hydrogen-bond donors (Lipinski definition) is 2. The van der Waals surface area contributed by atoms with E-state index >= 15 is 0 Å². The van der Waals surface area contributed by atoms with Crippen LogP contribution >= 0.6 is 0 Å². The molecule has 3 aromatic rings. The molecule has 0 fully saturated rings. The summed E-state index contributed by atoms with van der Waals surface area (Å²) in [7, 11) is 0. The Balaban J connectivity index is 1.37. The van der Waals surface area contributed by atoms with Crippen LogP contribution in [0.15, 0.2) is 54.6 Å². The van der Waals surface area contributed by atoms with E-state index in [-0.39, 0.29) is 29.8 Å². The number of carbonyl (C=O) groups excluding carboxylic acids is 1. The first kappa shape index (κ1) is 20.1. The van der Waals surface area contributed by atoms with Gasteiger partial charge in [-0.3, -0.25) is 0 Å². The lowest BCUT2D eigenvalue weighted by molar-refractivity contribution is 0.208. The predicted octanol–water partition coefficient (Wildman–Crippen LogP) is 4.70. The molecule has 2 N–H and O–H groups in total. The van der Waals surface area contributed by atoms with Gasteiger partial charge >= 0.3 is 6.03 Å². The molecular weight excluding hydrogens is 386 g/mol. The molecule has 0 aromatic heterocycles. The van der Waals surface area contributed by atoms with Crippen molar-refractivity contribution in [2.75, 3.05) is 13.2 Å². The second-order valence-corrected chi connectivity index (χ2v) is 8.36. The highest BCUT2D eigenvalue weighted by atomic mass is 19.1. The molecule has 0 spiro atoms. The van der Waals surface area contributed by atoms with Gasteiger partial charge in [-0.15, -0.1) is 0 Å². The smallest absolute Gasteiger partial charge is 0.315 e. The lowest BCUT2D eigenvalue weighted by atomic mass is 9.83. The minimum Gasteiger partial charge on any atom is -0.488 e. The average molecular weight is 410 g/mol. The molecule has 156 valence electrons. The van der Waals surface area contributed by atoms with E-state index in [2.05, 4.69) is 54.8 Å². The third-order valence-corrected chi connectivity index (χ3v) is 5.54. The van der Waals surface area contributed by atoms with E-state index in [0.29, 0.717) is 18.5 Å². The van der Waals surface area contributed by atoms with Crippen molar-refractivity contribution in [3.05, 3.63) is 77.4 Å². The van der Waals surface area contributed by atoms with Crippen molar-refractivity contribution in [3.8, 4) is 5.75 Å². The Kier molecular flexibility index (Phi) is 5.33. The van der Waals surface area contributed by atoms with E-state index in [1.54, 1.807) is 0 Å². The van der Waals surface area contributed by atoms with E-state index < -0.39 is 11.6 Å². The van der Waals surface area contributed by atoms with Crippen LogP contribution in [0.4, 0.5) is 13.6 Å². The van der Waals surface area contributed by atoms with Gasteiger partial charge in [-0.25, -0.2) is 13.6 Å². The molecule has 3 aromatic carbocycles. The minimum atomic E-state index is -0.718. The average Bonchev–Trinajstić information content (AvgIpc) is 2.71. The number of nitrogens with one attached hydrogen (secondary N) is 2. The first-order chi connectivity index (χ1) is 14.3. The van der Waals surface area contributed by atoms with E-state index in [1.807, 2.05) is 12.1 Å². The Labute approximate surface area is 174 Å². The first-order valence-corrected chi connectivity index (χ1v) is 9.96. The number of amides is 2. The van der Waals surface area contributed by atoms with Crippen LogP contribution in [-0.2, 0) is 11.8 Å². The fourth-order valence-corrected chi connectivity index (χ4v) is 3.78. The first-order valence-electron chi connectivity index (χ1n) is 9.96. The summed E-state index contributed by atoms with van der Waals surface area (Å²) in [5, 5.41) is 8.07. The van der Waals surface area contributed by atoms with Crippen LogP contribution in [0.2, 0.25) is 0 Å². The fourth-order valence-electron chi connectivity index (χ4n) is 3.78. The number of rotatable bonds is 4. The zero-order valence-electron chi connectivity index (χ0n) is 17.0. The second-order valence-electron chi connectivity index (χ2n) is 8.36. The molecule has 0 aliphatic carbocycles. The van der Waals surface area contributed by atoms with Crippen LogP contribution in [-0.4, -0.2) is 25.2 Å². The summed E-state index contributed by atoms with van der Waals surface area (Å²) in [6, 6.07) is 15.8. The summed E-state index contributed by atoms with van der Waals surface area (Å²) in [5.41, 5.74) is 1.27. The van der Waals surface area contributed by atoms with E-state index in [1.165, 1.54) is 11.5 Å². The third-order valence-electron chi connectivity index (χ3n) is 5.54. The van der Waals surface area contributed by atoms with Gasteiger partial charge in [0.1, 0.15) is 12.4 Å². The van der Waals surface area contributed by atoms with Crippen LogP contribution in [0.25, 0.3) is 10.8 Å². The topological polar surface area (TPSA) is 50.4 Å². The molecule has 1 aliphatic rings. The van der Waals surface area contributed by atoms with E-state index in [0.717, 1.165) is 17.0 Å². The quantitative estimate of drug-likeness (QED) is 0.655. The van der Waals surface area contributed by atoms with E-state index in [4.69, 9.17) is 4.74 Å². The van der Waals surface area contributed by atoms with Crippen LogP contribution in [0.1, 0.15) is 25.0 Å². The van der Waals surface area contributed by atoms with Gasteiger partial charge in [0, 0.05) is 23.6 Å². The van der Waals surface area contributed by atoms with Gasteiger partial charge in [-0.2, -0.15) is 0 Å². The summed E-state index contributed by atoms with van der Waals surface area (Å²) in [5.74, 6) is -1.31. The van der Waals surface area contributed by atoms with Gasteiger partial charge in [0.25, 0.3) is 0 Å². The third kappa shape index (κ3) is 4.22. The monoisotopic (exact) mass is 410 g/mol. The standard InChI is InChI=1S/C24H24F2N2O2/c1-24(2,18-8-7-15-5-3-4-6-16(15)9-18)14-27-23(29)28-20-11-17-10-19(25)12-21(26)22(17)30-13-20/h3-10,12,20H,11,13-14H2,1-2H3,(H2,27,28,29). The molecule has 0 radical (unpaired) electrons. The summed E-state index contributed by atoms with van der Waals surface area (Å²) >= 11 is 0. The Morgan fingerprint density at radius 2 is 1.87 bits per heavy atom. The predicted molar refractivity (Wildman–Crippen MR) is 113 cm³/mol. The number of benzene rings is 3.